The number of carbonyl (C=O) groups excluding carboxylic acids is 1. The monoisotopic (exact) mass is 223 g/mol. The summed E-state index contributed by atoms with van der Waals surface area (Å²) in [6, 6.07) is 1.75. The molecule has 0 aliphatic rings. The number of ketones is 1. The lowest BCUT2D eigenvalue weighted by Gasteiger charge is -2.24. The van der Waals surface area contributed by atoms with E-state index in [1.165, 1.54) is 0 Å². The molecule has 0 aliphatic carbocycles. The molecule has 0 saturated carbocycles. The average molecular weight is 223 g/mol. The minimum absolute atomic E-state index is 0.00319. The molecule has 0 aromatic carbocycles. The highest BCUT2D eigenvalue weighted by molar-refractivity contribution is 6.01. The van der Waals surface area contributed by atoms with E-state index < -0.39 is 5.54 Å². The highest BCUT2D eigenvalue weighted by Gasteiger charge is 2.32. The Morgan fingerprint density at radius 1 is 1.44 bits per heavy atom. The van der Waals surface area contributed by atoms with Crippen LogP contribution in [0, 0.1) is 0 Å². The second-order valence-corrected chi connectivity index (χ2v) is 4.13. The van der Waals surface area contributed by atoms with Crippen molar-refractivity contribution >= 4 is 5.78 Å². The fourth-order valence-electron chi connectivity index (χ4n) is 1.74. The normalized spacial score (nSPS) is 11.8. The summed E-state index contributed by atoms with van der Waals surface area (Å²) < 4.78 is 1.75. The van der Waals surface area contributed by atoms with Crippen LogP contribution >= 0.6 is 0 Å². The molecule has 0 atom stereocenters. The first-order valence-corrected chi connectivity index (χ1v) is 5.94. The van der Waals surface area contributed by atoms with E-state index in [9.17, 15) is 4.79 Å². The van der Waals surface area contributed by atoms with E-state index in [1.54, 1.807) is 16.9 Å². The number of aromatic nitrogens is 2. The van der Waals surface area contributed by atoms with E-state index in [1.807, 2.05) is 13.8 Å². The summed E-state index contributed by atoms with van der Waals surface area (Å²) in [6.45, 7) is 6.71. The van der Waals surface area contributed by atoms with Gasteiger partial charge in [0.25, 0.3) is 0 Å². The first-order chi connectivity index (χ1) is 7.59. The van der Waals surface area contributed by atoms with Gasteiger partial charge >= 0.3 is 0 Å². The fraction of sp³-hybridized carbons (Fsp3) is 0.667. The Bertz CT molecular complexity index is 353. The molecule has 90 valence electrons. The van der Waals surface area contributed by atoms with Crippen molar-refractivity contribution in [1.29, 1.82) is 0 Å². The molecule has 0 saturated heterocycles. The smallest absolute Gasteiger partial charge is 0.200 e. The fourth-order valence-corrected chi connectivity index (χ4v) is 1.74. The zero-order valence-electron chi connectivity index (χ0n) is 10.4. The van der Waals surface area contributed by atoms with Crippen molar-refractivity contribution in [3.05, 3.63) is 18.0 Å². The molecular weight excluding hydrogens is 202 g/mol. The summed E-state index contributed by atoms with van der Waals surface area (Å²) in [7, 11) is 0. The second-order valence-electron chi connectivity index (χ2n) is 4.13. The number of hydrogen-bond donors (Lipinski definition) is 1. The van der Waals surface area contributed by atoms with E-state index in [2.05, 4.69) is 12.0 Å². The third kappa shape index (κ3) is 2.32. The zero-order valence-corrected chi connectivity index (χ0v) is 10.4. The van der Waals surface area contributed by atoms with Gasteiger partial charge in [-0.05, 0) is 25.3 Å². The molecule has 0 aliphatic heterocycles. The van der Waals surface area contributed by atoms with E-state index in [0.717, 1.165) is 13.0 Å². The molecule has 1 heterocycles. The van der Waals surface area contributed by atoms with Crippen LogP contribution in [-0.2, 0) is 6.54 Å². The van der Waals surface area contributed by atoms with Crippen molar-refractivity contribution in [2.75, 3.05) is 0 Å². The lowest BCUT2D eigenvalue weighted by molar-refractivity contribution is 0.0868. The van der Waals surface area contributed by atoms with E-state index in [4.69, 9.17) is 5.73 Å². The van der Waals surface area contributed by atoms with Crippen molar-refractivity contribution in [2.24, 2.45) is 5.73 Å². The Kier molecular flexibility index (Phi) is 4.24. The van der Waals surface area contributed by atoms with Gasteiger partial charge in [-0.2, -0.15) is 5.10 Å². The van der Waals surface area contributed by atoms with Crippen molar-refractivity contribution in [3.63, 3.8) is 0 Å². The molecule has 4 nitrogen and oxygen atoms in total. The van der Waals surface area contributed by atoms with Gasteiger partial charge in [-0.1, -0.05) is 20.8 Å². The Morgan fingerprint density at radius 2 is 2.06 bits per heavy atom. The first-order valence-electron chi connectivity index (χ1n) is 5.94. The standard InChI is InChI=1S/C12H21N3O/c1-4-9-15-10(7-8-14-15)11(16)12(13,5-2)6-3/h7-8H,4-6,9,13H2,1-3H3. The molecule has 4 heteroatoms. The van der Waals surface area contributed by atoms with E-state index in [0.29, 0.717) is 18.5 Å². The van der Waals surface area contributed by atoms with Gasteiger partial charge in [0.1, 0.15) is 5.69 Å². The predicted molar refractivity (Wildman–Crippen MR) is 64.3 cm³/mol. The Labute approximate surface area is 96.8 Å². The second kappa shape index (κ2) is 5.25. The van der Waals surface area contributed by atoms with Gasteiger partial charge in [0.15, 0.2) is 0 Å². The lowest BCUT2D eigenvalue weighted by atomic mass is 9.87. The molecule has 0 fully saturated rings. The van der Waals surface area contributed by atoms with Gasteiger partial charge in [-0.25, -0.2) is 0 Å². The maximum atomic E-state index is 12.3. The first kappa shape index (κ1) is 12.9. The van der Waals surface area contributed by atoms with Crippen molar-refractivity contribution in [3.8, 4) is 0 Å². The molecule has 16 heavy (non-hydrogen) atoms. The number of carbonyl (C=O) groups is 1. The third-order valence-electron chi connectivity index (χ3n) is 3.10. The van der Waals surface area contributed by atoms with Crippen LogP contribution in [0.4, 0.5) is 0 Å². The van der Waals surface area contributed by atoms with Gasteiger partial charge < -0.3 is 5.73 Å². The molecule has 0 radical (unpaired) electrons. The van der Waals surface area contributed by atoms with Gasteiger partial charge in [-0.15, -0.1) is 0 Å². The van der Waals surface area contributed by atoms with Gasteiger partial charge in [0.05, 0.1) is 5.54 Å². The summed E-state index contributed by atoms with van der Waals surface area (Å²) in [5, 5.41) is 4.15. The van der Waals surface area contributed by atoms with Crippen molar-refractivity contribution < 1.29 is 4.79 Å². The Balaban J connectivity index is 2.99. The molecule has 0 amide bonds. The van der Waals surface area contributed by atoms with Crippen molar-refractivity contribution in [1.82, 2.24) is 9.78 Å². The van der Waals surface area contributed by atoms with Crippen LogP contribution < -0.4 is 5.73 Å². The lowest BCUT2D eigenvalue weighted by Crippen LogP contribution is -2.47. The molecular formula is C12H21N3O. The van der Waals surface area contributed by atoms with Gasteiger partial charge in [0, 0.05) is 12.7 Å². The Hall–Kier alpha value is -1.16. The summed E-state index contributed by atoms with van der Waals surface area (Å²) in [5.41, 5.74) is 5.99. The molecule has 1 aromatic heterocycles. The highest BCUT2D eigenvalue weighted by atomic mass is 16.1. The maximum absolute atomic E-state index is 12.3. The maximum Gasteiger partial charge on any atom is 0.200 e. The number of aryl methyl sites for hydroxylation is 1. The predicted octanol–water partition coefficient (Wildman–Crippen LogP) is 1.99. The number of nitrogens with zero attached hydrogens (tertiary/aromatic N) is 2. The minimum Gasteiger partial charge on any atom is -0.319 e. The topological polar surface area (TPSA) is 60.9 Å². The summed E-state index contributed by atoms with van der Waals surface area (Å²) in [6.07, 6.45) is 3.92. The van der Waals surface area contributed by atoms with Crippen LogP contribution in [0.1, 0.15) is 50.5 Å². The van der Waals surface area contributed by atoms with Crippen LogP contribution in [-0.4, -0.2) is 21.1 Å². The number of hydrogen-bond acceptors (Lipinski definition) is 3. The molecule has 1 aromatic rings. The van der Waals surface area contributed by atoms with Gasteiger partial charge in [0.2, 0.25) is 5.78 Å². The zero-order chi connectivity index (χ0) is 12.2. The third-order valence-corrected chi connectivity index (χ3v) is 3.10. The molecule has 2 N–H and O–H groups in total. The molecule has 0 spiro atoms. The SMILES string of the molecule is CCCn1nccc1C(=O)C(N)(CC)CC. The van der Waals surface area contributed by atoms with Gasteiger partial charge in [-0.3, -0.25) is 9.48 Å². The van der Waals surface area contributed by atoms with Crippen LogP contribution in [0.5, 0.6) is 0 Å². The average Bonchev–Trinajstić information content (AvgIpc) is 2.75. The van der Waals surface area contributed by atoms with Crippen LogP contribution in [0.25, 0.3) is 0 Å². The number of Topliss-reactive ketones (excluding diaryl/α,β-unsaturated/α-hetero) is 1. The molecule has 0 bridgehead atoms. The van der Waals surface area contributed by atoms with Crippen LogP contribution in [0.2, 0.25) is 0 Å². The molecule has 0 unspecified atom stereocenters. The quantitative estimate of drug-likeness (QED) is 0.750. The highest BCUT2D eigenvalue weighted by Crippen LogP contribution is 2.18. The summed E-state index contributed by atoms with van der Waals surface area (Å²) in [5.74, 6) is 0.00319. The van der Waals surface area contributed by atoms with Crippen LogP contribution in [0.3, 0.4) is 0 Å². The Morgan fingerprint density at radius 3 is 2.56 bits per heavy atom. The minimum atomic E-state index is -0.745. The summed E-state index contributed by atoms with van der Waals surface area (Å²) >= 11 is 0. The van der Waals surface area contributed by atoms with Crippen LogP contribution in [0.15, 0.2) is 12.3 Å². The van der Waals surface area contributed by atoms with E-state index in [-0.39, 0.29) is 5.78 Å². The molecule has 1 rings (SSSR count). The number of rotatable bonds is 6. The summed E-state index contributed by atoms with van der Waals surface area (Å²) in [4.78, 5) is 12.3. The largest absolute Gasteiger partial charge is 0.319 e. The number of nitrogens with two attached hydrogens (primary N) is 1. The van der Waals surface area contributed by atoms with Crippen molar-refractivity contribution in [2.45, 2.75) is 52.1 Å². The van der Waals surface area contributed by atoms with E-state index >= 15 is 0 Å².